The third kappa shape index (κ3) is 2.83. The summed E-state index contributed by atoms with van der Waals surface area (Å²) in [4.78, 5) is 11.8. The molecule has 1 heterocycles. The Balaban J connectivity index is 1.96. The SMILES string of the molecule is CO[C@@H]1O[C@H](COC(=O)c2ccccc2)[C@](C)(O)C1O. The Kier molecular flexibility index (Phi) is 4.39. The van der Waals surface area contributed by atoms with E-state index >= 15 is 0 Å². The molecule has 2 N–H and O–H groups in total. The van der Waals surface area contributed by atoms with Crippen molar-refractivity contribution in [3.05, 3.63) is 35.9 Å². The molecule has 1 aliphatic heterocycles. The number of hydrogen-bond donors (Lipinski definition) is 2. The summed E-state index contributed by atoms with van der Waals surface area (Å²) in [5.74, 6) is -0.514. The summed E-state index contributed by atoms with van der Waals surface area (Å²) >= 11 is 0. The van der Waals surface area contributed by atoms with Crippen molar-refractivity contribution in [2.24, 2.45) is 0 Å². The van der Waals surface area contributed by atoms with Crippen LogP contribution >= 0.6 is 0 Å². The first-order valence-electron chi connectivity index (χ1n) is 6.27. The lowest BCUT2D eigenvalue weighted by Gasteiger charge is -2.25. The van der Waals surface area contributed by atoms with Gasteiger partial charge in [0.2, 0.25) is 0 Å². The molecule has 1 unspecified atom stereocenters. The molecule has 0 saturated carbocycles. The number of ether oxygens (including phenoxy) is 3. The summed E-state index contributed by atoms with van der Waals surface area (Å²) in [5.41, 5.74) is -1.13. The Morgan fingerprint density at radius 3 is 2.60 bits per heavy atom. The highest BCUT2D eigenvalue weighted by molar-refractivity contribution is 5.89. The van der Waals surface area contributed by atoms with Crippen molar-refractivity contribution in [3.8, 4) is 0 Å². The Morgan fingerprint density at radius 1 is 1.40 bits per heavy atom. The van der Waals surface area contributed by atoms with Gasteiger partial charge in [-0.1, -0.05) is 18.2 Å². The van der Waals surface area contributed by atoms with Gasteiger partial charge in [-0.2, -0.15) is 0 Å². The number of methoxy groups -OCH3 is 1. The first kappa shape index (κ1) is 14.9. The number of aliphatic hydroxyl groups excluding tert-OH is 1. The van der Waals surface area contributed by atoms with E-state index in [1.807, 2.05) is 0 Å². The van der Waals surface area contributed by atoms with Gasteiger partial charge < -0.3 is 24.4 Å². The molecule has 4 atom stereocenters. The average Bonchev–Trinajstić information content (AvgIpc) is 2.68. The van der Waals surface area contributed by atoms with Crippen molar-refractivity contribution in [1.82, 2.24) is 0 Å². The van der Waals surface area contributed by atoms with Crippen LogP contribution in [0.2, 0.25) is 0 Å². The quantitative estimate of drug-likeness (QED) is 0.774. The highest BCUT2D eigenvalue weighted by Crippen LogP contribution is 2.31. The third-order valence-electron chi connectivity index (χ3n) is 3.41. The third-order valence-corrected chi connectivity index (χ3v) is 3.41. The van der Waals surface area contributed by atoms with Gasteiger partial charge in [0.25, 0.3) is 0 Å². The molecule has 0 aromatic heterocycles. The molecule has 0 aliphatic carbocycles. The van der Waals surface area contributed by atoms with Gasteiger partial charge in [-0.15, -0.1) is 0 Å². The topological polar surface area (TPSA) is 85.2 Å². The van der Waals surface area contributed by atoms with Gasteiger partial charge in [0.15, 0.2) is 6.29 Å². The van der Waals surface area contributed by atoms with E-state index < -0.39 is 30.1 Å². The summed E-state index contributed by atoms with van der Waals surface area (Å²) in [6.45, 7) is 1.25. The molecule has 6 nitrogen and oxygen atoms in total. The molecule has 0 bridgehead atoms. The molecule has 1 aliphatic rings. The Labute approximate surface area is 116 Å². The van der Waals surface area contributed by atoms with Gasteiger partial charge >= 0.3 is 5.97 Å². The molecular formula is C14H18O6. The number of aliphatic hydroxyl groups is 2. The van der Waals surface area contributed by atoms with Crippen LogP contribution in [0.4, 0.5) is 0 Å². The number of carbonyl (C=O) groups excluding carboxylic acids is 1. The van der Waals surface area contributed by atoms with Crippen molar-refractivity contribution >= 4 is 5.97 Å². The molecule has 0 amide bonds. The highest BCUT2D eigenvalue weighted by Gasteiger charge is 2.52. The maximum Gasteiger partial charge on any atom is 0.338 e. The fraction of sp³-hybridized carbons (Fsp3) is 0.500. The van der Waals surface area contributed by atoms with Gasteiger partial charge in [0, 0.05) is 7.11 Å². The first-order valence-corrected chi connectivity index (χ1v) is 6.27. The Morgan fingerprint density at radius 2 is 2.05 bits per heavy atom. The largest absolute Gasteiger partial charge is 0.459 e. The van der Waals surface area contributed by atoms with Gasteiger partial charge in [0.05, 0.1) is 5.56 Å². The van der Waals surface area contributed by atoms with E-state index in [0.29, 0.717) is 5.56 Å². The fourth-order valence-corrected chi connectivity index (χ4v) is 2.04. The maximum atomic E-state index is 11.8. The molecule has 1 aromatic rings. The lowest BCUT2D eigenvalue weighted by molar-refractivity contribution is -0.153. The molecule has 1 aromatic carbocycles. The van der Waals surface area contributed by atoms with Crippen molar-refractivity contribution in [2.45, 2.75) is 31.0 Å². The van der Waals surface area contributed by atoms with Crippen LogP contribution in [-0.4, -0.2) is 54.0 Å². The molecule has 20 heavy (non-hydrogen) atoms. The van der Waals surface area contributed by atoms with E-state index in [0.717, 1.165) is 0 Å². The van der Waals surface area contributed by atoms with E-state index in [-0.39, 0.29) is 6.61 Å². The zero-order chi connectivity index (χ0) is 14.8. The van der Waals surface area contributed by atoms with Crippen molar-refractivity contribution in [3.63, 3.8) is 0 Å². The summed E-state index contributed by atoms with van der Waals surface area (Å²) in [7, 11) is 1.36. The lowest BCUT2D eigenvalue weighted by atomic mass is 9.95. The average molecular weight is 282 g/mol. The normalized spacial score (nSPS) is 33.1. The number of carbonyl (C=O) groups is 1. The van der Waals surface area contributed by atoms with Gasteiger partial charge in [-0.05, 0) is 19.1 Å². The maximum absolute atomic E-state index is 11.8. The van der Waals surface area contributed by atoms with E-state index in [4.69, 9.17) is 14.2 Å². The number of benzene rings is 1. The summed E-state index contributed by atoms with van der Waals surface area (Å²) < 4.78 is 15.3. The van der Waals surface area contributed by atoms with Gasteiger partial charge in [0.1, 0.15) is 24.4 Å². The van der Waals surface area contributed by atoms with Gasteiger partial charge in [-0.25, -0.2) is 4.79 Å². The standard InChI is InChI=1S/C14H18O6/c1-14(17)10(20-13(18-2)11(14)15)8-19-12(16)9-6-4-3-5-7-9/h3-7,10-11,13,15,17H,8H2,1-2H3/t10-,11?,13-,14+/m1/s1. The molecule has 6 heteroatoms. The lowest BCUT2D eigenvalue weighted by Crippen LogP contribution is -2.47. The minimum Gasteiger partial charge on any atom is -0.459 e. The molecule has 1 saturated heterocycles. The van der Waals surface area contributed by atoms with E-state index in [9.17, 15) is 15.0 Å². The van der Waals surface area contributed by atoms with Crippen LogP contribution in [0.25, 0.3) is 0 Å². The smallest absolute Gasteiger partial charge is 0.338 e. The van der Waals surface area contributed by atoms with Gasteiger partial charge in [-0.3, -0.25) is 0 Å². The summed E-state index contributed by atoms with van der Waals surface area (Å²) in [5, 5.41) is 20.0. The minimum atomic E-state index is -1.54. The summed E-state index contributed by atoms with van der Waals surface area (Å²) in [6, 6.07) is 8.50. The number of hydrogen-bond acceptors (Lipinski definition) is 6. The predicted molar refractivity (Wildman–Crippen MR) is 69.0 cm³/mol. The van der Waals surface area contributed by atoms with Crippen LogP contribution in [0.3, 0.4) is 0 Å². The second-order valence-electron chi connectivity index (χ2n) is 4.86. The highest BCUT2D eigenvalue weighted by atomic mass is 16.7. The molecule has 0 spiro atoms. The molecule has 0 radical (unpaired) electrons. The van der Waals surface area contributed by atoms with Crippen molar-refractivity contribution < 1.29 is 29.2 Å². The Hall–Kier alpha value is -1.47. The summed E-state index contributed by atoms with van der Waals surface area (Å²) in [6.07, 6.45) is -2.99. The molecular weight excluding hydrogens is 264 g/mol. The second kappa shape index (κ2) is 5.88. The monoisotopic (exact) mass is 282 g/mol. The van der Waals surface area contributed by atoms with E-state index in [1.165, 1.54) is 14.0 Å². The van der Waals surface area contributed by atoms with Crippen LogP contribution in [0.5, 0.6) is 0 Å². The molecule has 2 rings (SSSR count). The minimum absolute atomic E-state index is 0.169. The zero-order valence-corrected chi connectivity index (χ0v) is 11.4. The number of rotatable bonds is 4. The molecule has 110 valence electrons. The Bertz CT molecular complexity index is 458. The van der Waals surface area contributed by atoms with E-state index in [2.05, 4.69) is 0 Å². The fourth-order valence-electron chi connectivity index (χ4n) is 2.04. The van der Waals surface area contributed by atoms with Crippen LogP contribution in [-0.2, 0) is 14.2 Å². The predicted octanol–water partition coefficient (Wildman–Crippen LogP) is 0.327. The zero-order valence-electron chi connectivity index (χ0n) is 11.4. The molecule has 1 fully saturated rings. The number of esters is 1. The van der Waals surface area contributed by atoms with Crippen LogP contribution < -0.4 is 0 Å². The van der Waals surface area contributed by atoms with Crippen LogP contribution in [0, 0.1) is 0 Å². The van der Waals surface area contributed by atoms with Crippen molar-refractivity contribution in [1.29, 1.82) is 0 Å². The van der Waals surface area contributed by atoms with Crippen LogP contribution in [0.1, 0.15) is 17.3 Å². The van der Waals surface area contributed by atoms with Crippen molar-refractivity contribution in [2.75, 3.05) is 13.7 Å². The second-order valence-corrected chi connectivity index (χ2v) is 4.86. The van der Waals surface area contributed by atoms with E-state index in [1.54, 1.807) is 30.3 Å². The first-order chi connectivity index (χ1) is 9.46. The van der Waals surface area contributed by atoms with Crippen LogP contribution in [0.15, 0.2) is 30.3 Å².